The van der Waals surface area contributed by atoms with Crippen molar-refractivity contribution in [1.82, 2.24) is 5.32 Å². The molecular formula is C41H79N2O7P. The van der Waals surface area contributed by atoms with Gasteiger partial charge in [0.05, 0.1) is 37.9 Å². The lowest BCUT2D eigenvalue weighted by atomic mass is 10.0. The molecule has 0 saturated carbocycles. The molecule has 0 aliphatic heterocycles. The minimum absolute atomic E-state index is 0.0432. The molecule has 0 aromatic heterocycles. The first kappa shape index (κ1) is 49.7. The first-order valence-electron chi connectivity index (χ1n) is 20.7. The lowest BCUT2D eigenvalue weighted by Crippen LogP contribution is -2.46. The molecule has 0 rings (SSSR count). The molecule has 0 aromatic carbocycles. The van der Waals surface area contributed by atoms with Gasteiger partial charge in [-0.15, -0.1) is 0 Å². The number of aliphatic hydroxyl groups is 2. The van der Waals surface area contributed by atoms with E-state index in [2.05, 4.69) is 43.5 Å². The summed E-state index contributed by atoms with van der Waals surface area (Å²) in [6.45, 7) is 3.92. The Morgan fingerprint density at radius 3 is 1.63 bits per heavy atom. The average Bonchev–Trinajstić information content (AvgIpc) is 3.10. The van der Waals surface area contributed by atoms with E-state index in [-0.39, 0.29) is 19.6 Å². The van der Waals surface area contributed by atoms with Crippen LogP contribution in [0.4, 0.5) is 0 Å². The number of hydrogen-bond donors (Lipinski definition) is 5. The molecule has 4 unspecified atom stereocenters. The van der Waals surface area contributed by atoms with E-state index < -0.39 is 38.6 Å². The van der Waals surface area contributed by atoms with Gasteiger partial charge in [0.25, 0.3) is 0 Å². The third-order valence-corrected chi connectivity index (χ3v) is 9.98. The zero-order chi connectivity index (χ0) is 37.7. The lowest BCUT2D eigenvalue weighted by molar-refractivity contribution is -0.124. The molecule has 0 aliphatic carbocycles. The van der Waals surface area contributed by atoms with Gasteiger partial charge in [-0.2, -0.15) is 0 Å². The van der Waals surface area contributed by atoms with E-state index in [0.29, 0.717) is 12.8 Å². The smallest absolute Gasteiger partial charge is 0.393 e. The Morgan fingerprint density at radius 1 is 0.667 bits per heavy atom. The van der Waals surface area contributed by atoms with Crippen LogP contribution in [0.3, 0.4) is 0 Å². The molecule has 6 N–H and O–H groups in total. The van der Waals surface area contributed by atoms with Crippen LogP contribution < -0.4 is 11.1 Å². The quantitative estimate of drug-likeness (QED) is 0.0238. The fraction of sp³-hybridized carbons (Fsp3) is 0.829. The highest BCUT2D eigenvalue weighted by Gasteiger charge is 2.27. The lowest BCUT2D eigenvalue weighted by Gasteiger charge is -2.24. The van der Waals surface area contributed by atoms with Gasteiger partial charge in [0.15, 0.2) is 0 Å². The fourth-order valence-corrected chi connectivity index (χ4v) is 6.59. The largest absolute Gasteiger partial charge is 0.472 e. The number of rotatable bonds is 38. The van der Waals surface area contributed by atoms with E-state index in [4.69, 9.17) is 14.8 Å². The van der Waals surface area contributed by atoms with Crippen LogP contribution in [0.5, 0.6) is 0 Å². The molecule has 51 heavy (non-hydrogen) atoms. The number of phosphoric acid groups is 1. The predicted octanol–water partition coefficient (Wildman–Crippen LogP) is 10.1. The van der Waals surface area contributed by atoms with Crippen LogP contribution in [0.1, 0.15) is 181 Å². The van der Waals surface area contributed by atoms with E-state index in [9.17, 15) is 24.5 Å². The van der Waals surface area contributed by atoms with E-state index >= 15 is 0 Å². The molecule has 0 aliphatic rings. The van der Waals surface area contributed by atoms with Gasteiger partial charge in [-0.05, 0) is 57.8 Å². The monoisotopic (exact) mass is 743 g/mol. The molecule has 0 fully saturated rings. The Kier molecular flexibility index (Phi) is 36.1. The van der Waals surface area contributed by atoms with Crippen LogP contribution in [0.15, 0.2) is 36.5 Å². The Labute approximate surface area is 312 Å². The second-order valence-electron chi connectivity index (χ2n) is 14.0. The Hall–Kier alpha value is -1.32. The van der Waals surface area contributed by atoms with Crippen molar-refractivity contribution in [3.63, 3.8) is 0 Å². The number of hydrogen-bond acceptors (Lipinski definition) is 7. The van der Waals surface area contributed by atoms with Crippen LogP contribution in [0.25, 0.3) is 0 Å². The molecular weight excluding hydrogens is 663 g/mol. The number of allylic oxidation sites excluding steroid dienone is 5. The van der Waals surface area contributed by atoms with Gasteiger partial charge < -0.3 is 26.2 Å². The highest BCUT2D eigenvalue weighted by atomic mass is 31.2. The van der Waals surface area contributed by atoms with Crippen LogP contribution >= 0.6 is 7.82 Å². The average molecular weight is 743 g/mol. The molecule has 300 valence electrons. The summed E-state index contributed by atoms with van der Waals surface area (Å²) in [6, 6.07) is -1.000. The van der Waals surface area contributed by atoms with Crippen molar-refractivity contribution in [2.75, 3.05) is 19.8 Å². The highest BCUT2D eigenvalue weighted by molar-refractivity contribution is 7.47. The summed E-state index contributed by atoms with van der Waals surface area (Å²) in [4.78, 5) is 22.7. The van der Waals surface area contributed by atoms with Gasteiger partial charge in [-0.3, -0.25) is 13.8 Å². The Bertz CT molecular complexity index is 914. The topological polar surface area (TPSA) is 151 Å². The van der Waals surface area contributed by atoms with Gasteiger partial charge in [-0.25, -0.2) is 4.57 Å². The minimum Gasteiger partial charge on any atom is -0.393 e. The van der Waals surface area contributed by atoms with Crippen molar-refractivity contribution in [3.8, 4) is 0 Å². The summed E-state index contributed by atoms with van der Waals surface area (Å²) >= 11 is 0. The van der Waals surface area contributed by atoms with Crippen LogP contribution in [0.2, 0.25) is 0 Å². The third-order valence-electron chi connectivity index (χ3n) is 8.99. The number of aliphatic hydroxyl groups excluding tert-OH is 2. The first-order valence-corrected chi connectivity index (χ1v) is 22.2. The zero-order valence-electron chi connectivity index (χ0n) is 32.7. The summed E-state index contributed by atoms with van der Waals surface area (Å²) in [5.74, 6) is -0.462. The van der Waals surface area contributed by atoms with Gasteiger partial charge in [0, 0.05) is 6.54 Å². The second-order valence-corrected chi connectivity index (χ2v) is 15.5. The van der Waals surface area contributed by atoms with Crippen molar-refractivity contribution in [1.29, 1.82) is 0 Å². The summed E-state index contributed by atoms with van der Waals surface area (Å²) in [5, 5.41) is 23.9. The van der Waals surface area contributed by atoms with Crippen molar-refractivity contribution >= 4 is 13.7 Å². The summed E-state index contributed by atoms with van der Waals surface area (Å²) in [6.07, 6.45) is 39.5. The van der Waals surface area contributed by atoms with E-state index in [1.54, 1.807) is 6.08 Å². The van der Waals surface area contributed by atoms with Crippen LogP contribution in [-0.2, 0) is 18.4 Å². The number of nitrogens with two attached hydrogens (primary N) is 1. The van der Waals surface area contributed by atoms with Gasteiger partial charge in [0.1, 0.15) is 0 Å². The molecule has 0 saturated heterocycles. The van der Waals surface area contributed by atoms with Crippen molar-refractivity contribution in [2.24, 2.45) is 5.73 Å². The molecule has 0 heterocycles. The molecule has 0 bridgehead atoms. The standard InChI is InChI=1S/C41H79N2O7P/c1-3-5-7-9-11-13-15-17-18-19-20-21-22-24-26-28-30-32-38(44)36-41(46)43-39(37-50-51(47,48)49-35-34-42)40(45)33-31-29-27-25-23-16-14-12-10-8-6-4-2/h19-20,23,25,31,33,38-40,44-45H,3-18,21-22,24,26-30,32,34-37,42H2,1-2H3,(H,43,46)(H,47,48)/b20-19-,25-23+,33-31+. The third kappa shape index (κ3) is 35.5. The molecule has 9 nitrogen and oxygen atoms in total. The van der Waals surface area contributed by atoms with Crippen molar-refractivity contribution in [2.45, 2.75) is 199 Å². The molecule has 0 radical (unpaired) electrons. The summed E-state index contributed by atoms with van der Waals surface area (Å²) in [7, 11) is -4.40. The predicted molar refractivity (Wildman–Crippen MR) is 214 cm³/mol. The summed E-state index contributed by atoms with van der Waals surface area (Å²) < 4.78 is 22.0. The summed E-state index contributed by atoms with van der Waals surface area (Å²) in [5.41, 5.74) is 5.35. The molecule has 10 heteroatoms. The maximum absolute atomic E-state index is 12.8. The highest BCUT2D eigenvalue weighted by Crippen LogP contribution is 2.43. The number of phosphoric ester groups is 1. The molecule has 1 amide bonds. The van der Waals surface area contributed by atoms with Gasteiger partial charge in [-0.1, -0.05) is 153 Å². The van der Waals surface area contributed by atoms with Crippen LogP contribution in [0, 0.1) is 0 Å². The number of amides is 1. The van der Waals surface area contributed by atoms with Gasteiger partial charge in [0.2, 0.25) is 5.91 Å². The first-order chi connectivity index (χ1) is 24.8. The van der Waals surface area contributed by atoms with E-state index in [0.717, 1.165) is 44.9 Å². The fourth-order valence-electron chi connectivity index (χ4n) is 5.83. The zero-order valence-corrected chi connectivity index (χ0v) is 33.6. The number of unbranched alkanes of at least 4 members (excludes halogenated alkanes) is 20. The van der Waals surface area contributed by atoms with Crippen molar-refractivity contribution in [3.05, 3.63) is 36.5 Å². The number of nitrogens with one attached hydrogen (secondary N) is 1. The van der Waals surface area contributed by atoms with Crippen molar-refractivity contribution < 1.29 is 33.5 Å². The van der Waals surface area contributed by atoms with Gasteiger partial charge >= 0.3 is 7.82 Å². The normalized spacial score (nSPS) is 15.2. The Morgan fingerprint density at radius 2 is 1.12 bits per heavy atom. The molecule has 0 aromatic rings. The molecule has 0 spiro atoms. The maximum Gasteiger partial charge on any atom is 0.472 e. The maximum atomic E-state index is 12.8. The Balaban J connectivity index is 4.38. The molecule has 4 atom stereocenters. The van der Waals surface area contributed by atoms with E-state index in [1.807, 2.05) is 6.08 Å². The van der Waals surface area contributed by atoms with Crippen LogP contribution in [-0.4, -0.2) is 59.0 Å². The SMILES string of the molecule is CCCCCCCC/C=C/CC/C=C/C(O)C(COP(=O)(O)OCCN)NC(=O)CC(O)CCCCCCC/C=C\CCCCCCCCCC. The number of carbonyl (C=O) groups is 1. The van der Waals surface area contributed by atoms with E-state index in [1.165, 1.54) is 103 Å². The number of carbonyl (C=O) groups excluding carboxylic acids is 1. The minimum atomic E-state index is -4.40. The second kappa shape index (κ2) is 37.0.